The van der Waals surface area contributed by atoms with Crippen molar-refractivity contribution in [3.05, 3.63) is 177 Å². The van der Waals surface area contributed by atoms with Crippen LogP contribution in [0.25, 0.3) is 0 Å². The average Bonchev–Trinajstić information content (AvgIpc) is 3.50. The zero-order valence-corrected chi connectivity index (χ0v) is 46.1. The first kappa shape index (κ1) is 47.0. The molecule has 7 aromatic rings. The first-order valence-corrected chi connectivity index (χ1v) is 27.2. The number of fused-ring (bicyclic) bond motifs is 7. The van der Waals surface area contributed by atoms with E-state index in [-0.39, 0.29) is 39.2 Å². The summed E-state index contributed by atoms with van der Waals surface area (Å²) in [5.74, 6) is 0. The summed E-state index contributed by atoms with van der Waals surface area (Å²) in [5.41, 5.74) is 28.8. The maximum absolute atomic E-state index is 2.74. The minimum Gasteiger partial charge on any atom is -0.311 e. The Labute approximate surface area is 432 Å². The molecule has 0 bridgehead atoms. The van der Waals surface area contributed by atoms with Gasteiger partial charge in [0, 0.05) is 51.2 Å². The van der Waals surface area contributed by atoms with Gasteiger partial charge in [-0.2, -0.15) is 0 Å². The van der Waals surface area contributed by atoms with E-state index in [0.717, 1.165) is 23.5 Å². The number of aryl methyl sites for hydroxylation is 2. The number of anilines is 9. The van der Waals surface area contributed by atoms with Gasteiger partial charge in [-0.05, 0) is 225 Å². The van der Waals surface area contributed by atoms with Crippen LogP contribution in [0.3, 0.4) is 0 Å². The molecule has 0 spiro atoms. The van der Waals surface area contributed by atoms with Gasteiger partial charge in [-0.15, -0.1) is 0 Å². The molecule has 0 fully saturated rings. The van der Waals surface area contributed by atoms with Crippen LogP contribution < -0.4 is 31.1 Å². The lowest BCUT2D eigenvalue weighted by Gasteiger charge is -2.48. The average molecular weight is 946 g/mol. The van der Waals surface area contributed by atoms with Gasteiger partial charge in [0.25, 0.3) is 6.71 Å². The van der Waals surface area contributed by atoms with Crippen LogP contribution in [0.4, 0.5) is 51.2 Å². The maximum Gasteiger partial charge on any atom is 0.252 e. The van der Waals surface area contributed by atoms with Crippen molar-refractivity contribution in [3.8, 4) is 0 Å². The Kier molecular flexibility index (Phi) is 10.1. The Morgan fingerprint density at radius 1 is 0.389 bits per heavy atom. The van der Waals surface area contributed by atoms with Crippen LogP contribution in [-0.2, 0) is 32.5 Å². The van der Waals surface area contributed by atoms with Gasteiger partial charge in [-0.1, -0.05) is 138 Å². The molecule has 7 aromatic carbocycles. The second-order valence-electron chi connectivity index (χ2n) is 26.8. The van der Waals surface area contributed by atoms with E-state index < -0.39 is 0 Å². The summed E-state index contributed by atoms with van der Waals surface area (Å²) in [4.78, 5) is 7.89. The van der Waals surface area contributed by atoms with E-state index in [1.807, 2.05) is 0 Å². The molecule has 4 heteroatoms. The molecule has 5 aliphatic rings. The Hall–Kier alpha value is -6.00. The number of hydrogen-bond donors (Lipinski definition) is 0. The van der Waals surface area contributed by atoms with Gasteiger partial charge in [-0.25, -0.2) is 0 Å². The highest BCUT2D eigenvalue weighted by atomic mass is 15.2. The van der Waals surface area contributed by atoms with E-state index in [9.17, 15) is 0 Å². The van der Waals surface area contributed by atoms with Gasteiger partial charge in [0.05, 0.1) is 0 Å². The Morgan fingerprint density at radius 2 is 0.861 bits per heavy atom. The normalized spacial score (nSPS) is 19.6. The van der Waals surface area contributed by atoms with Crippen molar-refractivity contribution in [2.24, 2.45) is 0 Å². The Bertz CT molecular complexity index is 3350. The molecule has 72 heavy (non-hydrogen) atoms. The van der Waals surface area contributed by atoms with Crippen molar-refractivity contribution in [1.82, 2.24) is 0 Å². The predicted molar refractivity (Wildman–Crippen MR) is 311 cm³/mol. The summed E-state index contributed by atoms with van der Waals surface area (Å²) < 4.78 is 0. The van der Waals surface area contributed by atoms with Gasteiger partial charge < -0.3 is 14.7 Å². The Balaban J connectivity index is 1.21. The van der Waals surface area contributed by atoms with Crippen molar-refractivity contribution in [3.63, 3.8) is 0 Å². The molecule has 0 amide bonds. The van der Waals surface area contributed by atoms with E-state index >= 15 is 0 Å². The van der Waals surface area contributed by atoms with E-state index in [4.69, 9.17) is 0 Å². The molecule has 3 aliphatic carbocycles. The quantitative estimate of drug-likeness (QED) is 0.159. The Morgan fingerprint density at radius 3 is 1.46 bits per heavy atom. The van der Waals surface area contributed by atoms with E-state index in [0.29, 0.717) is 0 Å². The van der Waals surface area contributed by atoms with Crippen LogP contribution >= 0.6 is 0 Å². The minimum absolute atomic E-state index is 0.0222. The van der Waals surface area contributed by atoms with E-state index in [1.54, 1.807) is 0 Å². The highest BCUT2D eigenvalue weighted by molar-refractivity contribution is 7.00. The van der Waals surface area contributed by atoms with Crippen molar-refractivity contribution in [1.29, 1.82) is 0 Å². The van der Waals surface area contributed by atoms with Crippen molar-refractivity contribution >= 4 is 74.3 Å². The third-order valence-corrected chi connectivity index (χ3v) is 18.8. The fraction of sp³-hybridized carbons (Fsp3) is 0.382. The molecule has 12 rings (SSSR count). The number of para-hydroxylation sites is 2. The molecule has 0 saturated carbocycles. The van der Waals surface area contributed by atoms with Crippen LogP contribution in [0.2, 0.25) is 0 Å². The van der Waals surface area contributed by atoms with Crippen LogP contribution in [0, 0.1) is 20.8 Å². The van der Waals surface area contributed by atoms with Gasteiger partial charge in [0.1, 0.15) is 0 Å². The molecule has 0 N–H and O–H groups in total. The summed E-state index contributed by atoms with van der Waals surface area (Å²) in [6.45, 7) is 36.8. The second kappa shape index (κ2) is 15.5. The van der Waals surface area contributed by atoms with Crippen molar-refractivity contribution < 1.29 is 0 Å². The largest absolute Gasteiger partial charge is 0.311 e. The summed E-state index contributed by atoms with van der Waals surface area (Å²) in [6, 6.07) is 49.9. The highest BCUT2D eigenvalue weighted by Crippen LogP contribution is 2.56. The van der Waals surface area contributed by atoms with E-state index in [1.165, 1.54) is 126 Å². The molecule has 0 atom stereocenters. The SMILES string of the molecule is Cc1cc2c3c(c1)N(c1ccc4c(c1C)C(C)(C)CCC4(C)C)c1ccc(N(c4ccccc4)c4ccccc4)cc1B3c1cc3c(cc1N2c1cc2c(cc1C)C(C)(C)CC2(C)C)C(C)(C)CCC3(C)C. The van der Waals surface area contributed by atoms with E-state index in [2.05, 4.69) is 246 Å². The molecule has 2 heterocycles. The molecule has 2 aliphatic heterocycles. The topological polar surface area (TPSA) is 9.72 Å². The lowest BCUT2D eigenvalue weighted by molar-refractivity contribution is 0.330. The second-order valence-corrected chi connectivity index (χ2v) is 26.8. The molecule has 0 saturated heterocycles. The van der Waals surface area contributed by atoms with Crippen molar-refractivity contribution in [2.75, 3.05) is 14.7 Å². The van der Waals surface area contributed by atoms with Crippen LogP contribution in [0.1, 0.15) is 165 Å². The van der Waals surface area contributed by atoms with Crippen molar-refractivity contribution in [2.45, 2.75) is 168 Å². The number of hydrogen-bond acceptors (Lipinski definition) is 3. The summed E-state index contributed by atoms with van der Waals surface area (Å²) in [7, 11) is 0. The molecule has 366 valence electrons. The predicted octanol–water partition coefficient (Wildman–Crippen LogP) is 16.8. The smallest absolute Gasteiger partial charge is 0.252 e. The first-order valence-electron chi connectivity index (χ1n) is 27.2. The lowest BCUT2D eigenvalue weighted by Crippen LogP contribution is -2.62. The number of benzene rings is 7. The molecular formula is C68H76BN3. The number of nitrogens with zero attached hydrogens (tertiary/aromatic N) is 3. The number of rotatable bonds is 5. The van der Waals surface area contributed by atoms with Gasteiger partial charge >= 0.3 is 0 Å². The first-order chi connectivity index (χ1) is 33.9. The monoisotopic (exact) mass is 946 g/mol. The van der Waals surface area contributed by atoms with Gasteiger partial charge in [0.2, 0.25) is 0 Å². The fourth-order valence-corrected chi connectivity index (χ4v) is 15.1. The van der Waals surface area contributed by atoms with Crippen LogP contribution in [0.5, 0.6) is 0 Å². The van der Waals surface area contributed by atoms with Gasteiger partial charge in [-0.3, -0.25) is 0 Å². The molecular weight excluding hydrogens is 870 g/mol. The lowest BCUT2D eigenvalue weighted by atomic mass is 9.33. The molecule has 3 nitrogen and oxygen atoms in total. The third kappa shape index (κ3) is 6.89. The minimum atomic E-state index is -0.0222. The maximum atomic E-state index is 2.74. The summed E-state index contributed by atoms with van der Waals surface area (Å²) in [5, 5.41) is 0. The van der Waals surface area contributed by atoms with Crippen LogP contribution in [0.15, 0.2) is 127 Å². The van der Waals surface area contributed by atoms with Crippen LogP contribution in [-0.4, -0.2) is 6.71 Å². The molecule has 0 aromatic heterocycles. The molecule has 0 radical (unpaired) electrons. The zero-order chi connectivity index (χ0) is 50.8. The van der Waals surface area contributed by atoms with Gasteiger partial charge in [0.15, 0.2) is 0 Å². The standard InChI is InChI=1S/C68H76BN3/c1-42-34-59-62-60(35-42)72(57-39-52-49(36-43(57)2)67(12,13)41-68(52,14)15)58-40-51-50(64(6,7)30-31-65(51,8)9)38-54(58)69(62)53-37-47(70(45-22-18-16-19-23-45)46-24-20-17-21-25-46)26-28-56(53)71(59)55-29-27-48-61(44(55)3)66(10,11)33-32-63(48,4)5/h16-29,34-40H,30-33,41H2,1-15H3. The molecule has 0 unspecified atom stereocenters. The zero-order valence-electron chi connectivity index (χ0n) is 46.1. The summed E-state index contributed by atoms with van der Waals surface area (Å²) >= 11 is 0. The fourth-order valence-electron chi connectivity index (χ4n) is 15.1. The third-order valence-electron chi connectivity index (χ3n) is 18.8. The summed E-state index contributed by atoms with van der Waals surface area (Å²) in [6.07, 6.45) is 5.83. The highest BCUT2D eigenvalue weighted by Gasteiger charge is 2.49.